The predicted molar refractivity (Wildman–Crippen MR) is 228 cm³/mol. The van der Waals surface area contributed by atoms with Crippen LogP contribution >= 0.6 is 30.5 Å². The average Bonchev–Trinajstić information content (AvgIpc) is 3.53. The number of ether oxygens (including phenoxy) is 1. The van der Waals surface area contributed by atoms with E-state index in [1.807, 2.05) is 48.5 Å². The number of thioether (sulfide) groups is 1. The number of halogens is 1. The summed E-state index contributed by atoms with van der Waals surface area (Å²) in [6.07, 6.45) is 6.30. The number of aromatic nitrogens is 2. The topological polar surface area (TPSA) is 158 Å². The fourth-order valence-corrected chi connectivity index (χ4v) is 9.93. The van der Waals surface area contributed by atoms with Gasteiger partial charge < -0.3 is 35.1 Å². The van der Waals surface area contributed by atoms with E-state index >= 15 is 0 Å². The minimum absolute atomic E-state index is 0.135. The minimum Gasteiger partial charge on any atom is -0.494 e. The number of carbonyl (C=O) groups excluding carboxylic acids is 3. The van der Waals surface area contributed by atoms with Crippen LogP contribution in [0.1, 0.15) is 54.4 Å². The van der Waals surface area contributed by atoms with E-state index in [1.54, 1.807) is 37.1 Å². The summed E-state index contributed by atoms with van der Waals surface area (Å²) in [6, 6.07) is 19.2. The zero-order chi connectivity index (χ0) is 40.1. The largest absolute Gasteiger partial charge is 0.494 e. The van der Waals surface area contributed by atoms with Crippen LogP contribution in [0.4, 0.5) is 28.8 Å². The van der Waals surface area contributed by atoms with Gasteiger partial charge in [-0.3, -0.25) is 19.7 Å². The Kier molecular flexibility index (Phi) is 12.7. The maximum Gasteiger partial charge on any atom is 0.255 e. The third-order valence-corrected chi connectivity index (χ3v) is 13.6. The van der Waals surface area contributed by atoms with Gasteiger partial charge in [0.25, 0.3) is 5.91 Å². The third-order valence-electron chi connectivity index (χ3n) is 10.6. The maximum atomic E-state index is 13.2. The molecule has 3 aliphatic heterocycles. The minimum atomic E-state index is -2.54. The summed E-state index contributed by atoms with van der Waals surface area (Å²) in [5, 5.41) is 13.7. The van der Waals surface area contributed by atoms with Gasteiger partial charge in [0.1, 0.15) is 24.0 Å². The number of anilines is 5. The van der Waals surface area contributed by atoms with Crippen LogP contribution in [0.15, 0.2) is 71.8 Å². The molecule has 3 aliphatic rings. The number of hydrogen-bond donors (Lipinski definition) is 4. The molecule has 57 heavy (non-hydrogen) atoms. The highest BCUT2D eigenvalue weighted by molar-refractivity contribution is 7.99. The van der Waals surface area contributed by atoms with Gasteiger partial charge in [0.15, 0.2) is 5.82 Å². The molecule has 16 heteroatoms. The van der Waals surface area contributed by atoms with E-state index in [1.165, 1.54) is 6.20 Å². The Morgan fingerprint density at radius 3 is 2.56 bits per heavy atom. The van der Waals surface area contributed by atoms with Crippen molar-refractivity contribution in [3.63, 3.8) is 0 Å². The Labute approximate surface area is 342 Å². The van der Waals surface area contributed by atoms with Crippen molar-refractivity contribution in [2.75, 3.05) is 61.4 Å². The van der Waals surface area contributed by atoms with Crippen molar-refractivity contribution in [2.24, 2.45) is 0 Å². The zero-order valence-electron chi connectivity index (χ0n) is 32.3. The van der Waals surface area contributed by atoms with E-state index in [4.69, 9.17) is 16.3 Å². The van der Waals surface area contributed by atoms with Gasteiger partial charge >= 0.3 is 0 Å². The first-order valence-corrected chi connectivity index (χ1v) is 23.2. The predicted octanol–water partition coefficient (Wildman–Crippen LogP) is 6.77. The average molecular weight is 831 g/mol. The van der Waals surface area contributed by atoms with Crippen molar-refractivity contribution in [1.82, 2.24) is 25.5 Å². The van der Waals surface area contributed by atoms with E-state index in [-0.39, 0.29) is 24.1 Å². The number of para-hydroxylation sites is 1. The molecule has 1 unspecified atom stereocenters. The van der Waals surface area contributed by atoms with E-state index in [9.17, 15) is 18.9 Å². The maximum absolute atomic E-state index is 13.2. The van der Waals surface area contributed by atoms with Crippen LogP contribution in [0.5, 0.6) is 5.75 Å². The number of unbranched alkanes of at least 4 members (excludes halogenated alkanes) is 1. The highest BCUT2D eigenvalue weighted by Gasteiger charge is 2.39. The first-order valence-electron chi connectivity index (χ1n) is 19.3. The SMILES string of the molecule is COc1cc(N2CCC(NCCCCSc3cccc4c3CN(C3CCC(=O)NC3=O)C4=O)CC2)ccc1Nc1ncc(Cl)c(Nc2ccccc2P(C)(C)=O)n1. The Morgan fingerprint density at radius 1 is 0.982 bits per heavy atom. The van der Waals surface area contributed by atoms with Crippen LogP contribution in [-0.2, 0) is 20.7 Å². The van der Waals surface area contributed by atoms with Crippen LogP contribution in [0.25, 0.3) is 0 Å². The third kappa shape index (κ3) is 9.58. The summed E-state index contributed by atoms with van der Waals surface area (Å²) < 4.78 is 18.7. The van der Waals surface area contributed by atoms with Crippen molar-refractivity contribution < 1.29 is 23.7 Å². The van der Waals surface area contributed by atoms with Gasteiger partial charge in [-0.1, -0.05) is 29.8 Å². The summed E-state index contributed by atoms with van der Waals surface area (Å²) in [5.74, 6) is 1.54. The molecule has 13 nitrogen and oxygen atoms in total. The number of benzene rings is 3. The molecule has 4 heterocycles. The van der Waals surface area contributed by atoms with Gasteiger partial charge in [-0.05, 0) is 99.7 Å². The second kappa shape index (κ2) is 17.9. The lowest BCUT2D eigenvalue weighted by atomic mass is 10.0. The quantitative estimate of drug-likeness (QED) is 0.0433. The van der Waals surface area contributed by atoms with Gasteiger partial charge in [0.2, 0.25) is 17.8 Å². The fraction of sp³-hybridized carbons (Fsp3) is 0.390. The molecule has 0 radical (unpaired) electrons. The second-order valence-corrected chi connectivity index (χ2v) is 19.6. The number of hydrogen-bond acceptors (Lipinski definition) is 12. The molecule has 2 saturated heterocycles. The van der Waals surface area contributed by atoms with E-state index in [0.717, 1.165) is 72.9 Å². The van der Waals surface area contributed by atoms with Crippen molar-refractivity contribution in [3.8, 4) is 5.75 Å². The van der Waals surface area contributed by atoms with Crippen LogP contribution in [0.2, 0.25) is 5.02 Å². The lowest BCUT2D eigenvalue weighted by Crippen LogP contribution is -2.52. The molecular formula is C41H48ClN8O5PS. The number of nitrogens with zero attached hydrogens (tertiary/aromatic N) is 4. The second-order valence-electron chi connectivity index (χ2n) is 14.8. The Bertz CT molecular complexity index is 2200. The normalized spacial score (nSPS) is 17.4. The molecule has 4 aromatic rings. The highest BCUT2D eigenvalue weighted by Crippen LogP contribution is 2.39. The van der Waals surface area contributed by atoms with Crippen molar-refractivity contribution in [2.45, 2.75) is 62.0 Å². The molecule has 0 aliphatic carbocycles. The Balaban J connectivity index is 0.855. The number of nitrogens with one attached hydrogen (secondary N) is 4. The molecule has 1 atom stereocenters. The first-order chi connectivity index (χ1) is 27.5. The van der Waals surface area contributed by atoms with Gasteiger partial charge in [-0.2, -0.15) is 4.98 Å². The summed E-state index contributed by atoms with van der Waals surface area (Å²) >= 11 is 8.23. The lowest BCUT2D eigenvalue weighted by Gasteiger charge is -2.34. The number of rotatable bonds is 15. The van der Waals surface area contributed by atoms with E-state index in [0.29, 0.717) is 58.1 Å². The highest BCUT2D eigenvalue weighted by atomic mass is 35.5. The molecule has 0 spiro atoms. The van der Waals surface area contributed by atoms with Crippen molar-refractivity contribution in [1.29, 1.82) is 0 Å². The molecule has 300 valence electrons. The number of methoxy groups -OCH3 is 1. The van der Waals surface area contributed by atoms with Crippen LogP contribution in [0, 0.1) is 0 Å². The Hall–Kier alpha value is -4.62. The summed E-state index contributed by atoms with van der Waals surface area (Å²) in [6.45, 7) is 6.66. The molecule has 7 rings (SSSR count). The first kappa shape index (κ1) is 40.6. The van der Waals surface area contributed by atoms with Crippen molar-refractivity contribution in [3.05, 3.63) is 83.0 Å². The van der Waals surface area contributed by atoms with Gasteiger partial charge in [-0.25, -0.2) is 4.98 Å². The monoisotopic (exact) mass is 830 g/mol. The van der Waals surface area contributed by atoms with Crippen LogP contribution in [0.3, 0.4) is 0 Å². The number of amides is 3. The molecular weight excluding hydrogens is 783 g/mol. The molecule has 0 saturated carbocycles. The molecule has 0 bridgehead atoms. The van der Waals surface area contributed by atoms with Crippen LogP contribution in [-0.4, -0.2) is 90.5 Å². The summed E-state index contributed by atoms with van der Waals surface area (Å²) in [7, 11) is -0.902. The molecule has 3 amide bonds. The molecule has 1 aromatic heterocycles. The van der Waals surface area contributed by atoms with E-state index < -0.39 is 13.2 Å². The fourth-order valence-electron chi connectivity index (χ4n) is 7.54. The summed E-state index contributed by atoms with van der Waals surface area (Å²) in [4.78, 5) is 51.3. The summed E-state index contributed by atoms with van der Waals surface area (Å²) in [5.41, 5.74) is 4.12. The lowest BCUT2D eigenvalue weighted by molar-refractivity contribution is -0.136. The van der Waals surface area contributed by atoms with Crippen LogP contribution < -0.4 is 36.2 Å². The zero-order valence-corrected chi connectivity index (χ0v) is 34.8. The van der Waals surface area contributed by atoms with Gasteiger partial charge in [0, 0.05) is 59.6 Å². The Morgan fingerprint density at radius 2 is 1.79 bits per heavy atom. The van der Waals surface area contributed by atoms with E-state index in [2.05, 4.69) is 48.3 Å². The molecule has 2 fully saturated rings. The number of carbonyl (C=O) groups is 3. The number of fused-ring (bicyclic) bond motifs is 1. The number of piperidine rings is 2. The number of imide groups is 1. The molecule has 4 N–H and O–H groups in total. The molecule has 3 aromatic carbocycles. The van der Waals surface area contributed by atoms with Gasteiger partial charge in [0.05, 0.1) is 24.7 Å². The standard InChI is InChI=1S/C41H48ClN8O5PS/c1-55-34-23-27(13-14-31(34)46-41-44-24-30(42)38(48-41)45-32-10-4-5-11-35(32)56(2,3)54)49-20-17-26(18-21-49)43-19-6-7-22-57-36-12-8-9-28-29(36)25-50(40(28)53)33-15-16-37(51)47-39(33)52/h4-5,8-14,23-24,26,33,43H,6-7,15-22,25H2,1-3H3,(H,47,51,52)(H2,44,45,46,48). The van der Waals surface area contributed by atoms with Gasteiger partial charge in [-0.15, -0.1) is 11.8 Å². The smallest absolute Gasteiger partial charge is 0.255 e. The van der Waals surface area contributed by atoms with Crippen molar-refractivity contribution >= 4 is 82.4 Å².